The molecule has 0 spiro atoms. The average Bonchev–Trinajstić information content (AvgIpc) is 3.73. The molecule has 0 saturated carbocycles. The molecule has 10 nitrogen and oxygen atoms in total. The van der Waals surface area contributed by atoms with Crippen molar-refractivity contribution < 1.29 is 23.5 Å². The van der Waals surface area contributed by atoms with E-state index in [0.717, 1.165) is 28.5 Å². The Morgan fingerprint density at radius 1 is 0.531 bits per heavy atom. The predicted molar refractivity (Wildman–Crippen MR) is 252 cm³/mol. The molecule has 7 aromatic rings. The number of aryl methyl sites for hydroxylation is 1. The van der Waals surface area contributed by atoms with E-state index in [9.17, 15) is 0 Å². The second kappa shape index (κ2) is 20.5. The van der Waals surface area contributed by atoms with Crippen molar-refractivity contribution in [2.75, 3.05) is 5.73 Å². The highest BCUT2D eigenvalue weighted by atomic mass is 16.5. The topological polar surface area (TPSA) is 143 Å². The van der Waals surface area contributed by atoms with Crippen molar-refractivity contribution in [1.82, 2.24) is 20.2 Å². The lowest BCUT2D eigenvalue weighted by molar-refractivity contribution is -0.191. The summed E-state index contributed by atoms with van der Waals surface area (Å²) in [5.41, 5.74) is 13.3. The van der Waals surface area contributed by atoms with Crippen LogP contribution in [0.15, 0.2) is 150 Å². The first-order valence-electron chi connectivity index (χ1n) is 21.5. The Labute approximate surface area is 378 Å². The molecule has 0 radical (unpaired) electrons. The lowest BCUT2D eigenvalue weighted by Gasteiger charge is -2.35. The molecular formula is C54H61N5O5. The molecule has 4 aromatic carbocycles. The van der Waals surface area contributed by atoms with E-state index in [4.69, 9.17) is 29.2 Å². The number of hydrogen-bond acceptors (Lipinski definition) is 10. The minimum Gasteiger partial charge on any atom is -0.482 e. The van der Waals surface area contributed by atoms with Gasteiger partial charge in [0.2, 0.25) is 5.89 Å². The Hall–Kier alpha value is -6.90. The van der Waals surface area contributed by atoms with E-state index in [1.807, 2.05) is 88.4 Å². The molecule has 2 N–H and O–H groups in total. The van der Waals surface area contributed by atoms with Crippen molar-refractivity contribution in [3.8, 4) is 23.0 Å². The van der Waals surface area contributed by atoms with Crippen LogP contribution in [0.3, 0.4) is 0 Å². The summed E-state index contributed by atoms with van der Waals surface area (Å²) in [6.45, 7) is 23.9. The quantitative estimate of drug-likeness (QED) is 0.119. The summed E-state index contributed by atoms with van der Waals surface area (Å²) < 4.78 is 17.9. The molecule has 3 aromatic heterocycles. The van der Waals surface area contributed by atoms with Gasteiger partial charge >= 0.3 is 12.2 Å². The summed E-state index contributed by atoms with van der Waals surface area (Å²) in [6, 6.07) is 45.9. The maximum Gasteiger partial charge on any atom is 0.373 e. The normalized spacial score (nSPS) is 13.3. The Kier molecular flexibility index (Phi) is 15.4. The van der Waals surface area contributed by atoms with Crippen LogP contribution in [0.1, 0.15) is 108 Å². The van der Waals surface area contributed by atoms with Gasteiger partial charge in [0.1, 0.15) is 22.7 Å². The number of ether oxygens (including phenoxy) is 2. The first-order valence-corrected chi connectivity index (χ1v) is 21.5. The second-order valence-electron chi connectivity index (χ2n) is 17.9. The number of benzene rings is 4. The van der Waals surface area contributed by atoms with Gasteiger partial charge in [-0.3, -0.25) is 9.97 Å². The Balaban J connectivity index is 0.000000230. The van der Waals surface area contributed by atoms with Gasteiger partial charge in [-0.25, -0.2) is 0 Å². The van der Waals surface area contributed by atoms with E-state index in [-0.39, 0.29) is 23.0 Å². The predicted octanol–water partition coefficient (Wildman–Crippen LogP) is 12.1. The Bertz CT molecular complexity index is 2550. The molecule has 0 aliphatic rings. The van der Waals surface area contributed by atoms with Crippen molar-refractivity contribution in [1.29, 1.82) is 0 Å². The highest BCUT2D eigenvalue weighted by Gasteiger charge is 2.34. The summed E-state index contributed by atoms with van der Waals surface area (Å²) >= 11 is 0. The SMILES string of the molecule is CC(C)C(C)(c1ccc(OC(C)(C)c2ccccn2)cc1)c1ccc(-c2nnc(N)o2)cc1.Cc1ccc(C(C)(c2ccc(OC(C)(C)c3ccccn3)cc2)C(C)C)cc1.O=C=O. The number of hydrogen-bond donors (Lipinski definition) is 1. The van der Waals surface area contributed by atoms with Gasteiger partial charge in [0.05, 0.1) is 11.4 Å². The number of carbonyl (C=O) groups excluding carboxylic acids is 2. The third kappa shape index (κ3) is 11.2. The lowest BCUT2D eigenvalue weighted by atomic mass is 9.68. The molecular weight excluding hydrogens is 799 g/mol. The van der Waals surface area contributed by atoms with Crippen molar-refractivity contribution in [3.05, 3.63) is 185 Å². The molecule has 7 rings (SSSR count). The van der Waals surface area contributed by atoms with Gasteiger partial charge < -0.3 is 19.6 Å². The standard InChI is InChI=1S/C27H30N4O2.C26H31NO.CO2/c1-18(2)27(5,20-11-9-19(10-12-20)24-30-31-25(28)32-24)21-13-15-22(16-14-21)33-26(3,4)23-8-6-7-17-29-23;1-19(2)26(6,21-12-10-20(3)11-13-21)22-14-16-23(17-15-22)28-25(4,5)24-9-7-8-18-27-24;2-1-3/h6-18H,1-5H3,(H2,28,31);7-19H,1-6H3;. The third-order valence-corrected chi connectivity index (χ3v) is 12.4. The number of pyridine rings is 2. The monoisotopic (exact) mass is 859 g/mol. The number of nitrogens with two attached hydrogens (primary N) is 1. The molecule has 10 heteroatoms. The highest BCUT2D eigenvalue weighted by molar-refractivity contribution is 5.55. The van der Waals surface area contributed by atoms with Crippen LogP contribution >= 0.6 is 0 Å². The first-order chi connectivity index (χ1) is 30.3. The molecule has 0 aliphatic carbocycles. The number of nitrogen functional groups attached to an aromatic ring is 1. The lowest BCUT2D eigenvalue weighted by Crippen LogP contribution is -2.30. The van der Waals surface area contributed by atoms with E-state index in [1.165, 1.54) is 27.8 Å². The summed E-state index contributed by atoms with van der Waals surface area (Å²) in [5.74, 6) is 2.91. The molecule has 0 fully saturated rings. The van der Waals surface area contributed by atoms with Gasteiger partial charge in [0.15, 0.2) is 0 Å². The van der Waals surface area contributed by atoms with Crippen LogP contribution in [-0.4, -0.2) is 26.3 Å². The highest BCUT2D eigenvalue weighted by Crippen LogP contribution is 2.42. The zero-order valence-electron chi connectivity index (χ0n) is 38.9. The summed E-state index contributed by atoms with van der Waals surface area (Å²) in [5, 5.41) is 7.71. The fourth-order valence-electron chi connectivity index (χ4n) is 7.75. The van der Waals surface area contributed by atoms with Gasteiger partial charge in [0, 0.05) is 28.8 Å². The average molecular weight is 860 g/mol. The molecule has 64 heavy (non-hydrogen) atoms. The summed E-state index contributed by atoms with van der Waals surface area (Å²) in [7, 11) is 0. The molecule has 2 unspecified atom stereocenters. The van der Waals surface area contributed by atoms with Gasteiger partial charge in [-0.1, -0.05) is 125 Å². The second-order valence-corrected chi connectivity index (χ2v) is 17.9. The molecule has 0 saturated heterocycles. The van der Waals surface area contributed by atoms with E-state index >= 15 is 0 Å². The van der Waals surface area contributed by atoms with Crippen LogP contribution in [0, 0.1) is 18.8 Å². The van der Waals surface area contributed by atoms with Gasteiger partial charge in [-0.05, 0) is 129 Å². The smallest absolute Gasteiger partial charge is 0.373 e. The van der Waals surface area contributed by atoms with E-state index in [2.05, 4.69) is 141 Å². The number of nitrogens with zero attached hydrogens (tertiary/aromatic N) is 4. The van der Waals surface area contributed by atoms with Crippen LogP contribution in [-0.2, 0) is 31.6 Å². The minimum absolute atomic E-state index is 0.0528. The van der Waals surface area contributed by atoms with Gasteiger partial charge in [0.25, 0.3) is 0 Å². The zero-order valence-corrected chi connectivity index (χ0v) is 38.9. The molecule has 0 bridgehead atoms. The van der Waals surface area contributed by atoms with Crippen LogP contribution in [0.5, 0.6) is 11.5 Å². The van der Waals surface area contributed by atoms with E-state index < -0.39 is 11.2 Å². The third-order valence-electron chi connectivity index (χ3n) is 12.4. The Morgan fingerprint density at radius 2 is 0.891 bits per heavy atom. The fourth-order valence-corrected chi connectivity index (χ4v) is 7.75. The fraction of sp³-hybridized carbons (Fsp3) is 0.315. The van der Waals surface area contributed by atoms with Crippen LogP contribution in [0.2, 0.25) is 0 Å². The maximum absolute atomic E-state index is 8.12. The molecule has 0 aliphatic heterocycles. The number of rotatable bonds is 13. The minimum atomic E-state index is -0.530. The van der Waals surface area contributed by atoms with Crippen molar-refractivity contribution in [2.45, 2.75) is 98.2 Å². The maximum atomic E-state index is 8.12. The number of aromatic nitrogens is 4. The van der Waals surface area contributed by atoms with Crippen molar-refractivity contribution in [2.24, 2.45) is 11.8 Å². The van der Waals surface area contributed by atoms with Crippen molar-refractivity contribution >= 4 is 12.2 Å². The Morgan fingerprint density at radius 3 is 1.20 bits per heavy atom. The van der Waals surface area contributed by atoms with Gasteiger partial charge in [-0.2, -0.15) is 9.59 Å². The van der Waals surface area contributed by atoms with E-state index in [0.29, 0.717) is 17.7 Å². The molecule has 332 valence electrons. The van der Waals surface area contributed by atoms with Crippen LogP contribution in [0.25, 0.3) is 11.5 Å². The van der Waals surface area contributed by atoms with Crippen LogP contribution in [0.4, 0.5) is 6.01 Å². The zero-order chi connectivity index (χ0) is 46.7. The van der Waals surface area contributed by atoms with Crippen LogP contribution < -0.4 is 15.2 Å². The molecule has 3 heterocycles. The van der Waals surface area contributed by atoms with E-state index in [1.54, 1.807) is 12.4 Å². The summed E-state index contributed by atoms with van der Waals surface area (Å²) in [6.07, 6.45) is 3.84. The molecule has 0 amide bonds. The van der Waals surface area contributed by atoms with Gasteiger partial charge in [-0.15, -0.1) is 5.10 Å². The number of anilines is 1. The van der Waals surface area contributed by atoms with Crippen molar-refractivity contribution in [3.63, 3.8) is 0 Å². The first kappa shape index (κ1) is 48.1. The molecule has 2 atom stereocenters. The largest absolute Gasteiger partial charge is 0.482 e. The summed E-state index contributed by atoms with van der Waals surface area (Å²) in [4.78, 5) is 25.1.